The highest BCUT2D eigenvalue weighted by molar-refractivity contribution is 7.90. The van der Waals surface area contributed by atoms with E-state index in [-0.39, 0.29) is 10.8 Å². The molecule has 0 saturated heterocycles. The smallest absolute Gasteiger partial charge is 0.212 e. The molecule has 2 aromatic rings. The Labute approximate surface area is 106 Å². The van der Waals surface area contributed by atoms with Crippen LogP contribution < -0.4 is 0 Å². The predicted molar refractivity (Wildman–Crippen MR) is 68.2 cm³/mol. The van der Waals surface area contributed by atoms with Crippen molar-refractivity contribution in [3.8, 4) is 17.1 Å². The van der Waals surface area contributed by atoms with Gasteiger partial charge < -0.3 is 5.11 Å². The third kappa shape index (κ3) is 2.11. The fraction of sp³-hybridized carbons (Fsp3) is 0.250. The molecule has 96 valence electrons. The van der Waals surface area contributed by atoms with Crippen LogP contribution in [0.1, 0.15) is 5.56 Å². The zero-order chi connectivity index (χ0) is 13.5. The Balaban J connectivity index is 2.50. The van der Waals surface area contributed by atoms with Crippen LogP contribution in [0.25, 0.3) is 11.3 Å². The molecule has 0 radical (unpaired) electrons. The molecule has 1 aromatic carbocycles. The van der Waals surface area contributed by atoms with Crippen LogP contribution in [0.15, 0.2) is 29.2 Å². The molecule has 0 atom stereocenters. The highest BCUT2D eigenvalue weighted by atomic mass is 32.2. The van der Waals surface area contributed by atoms with E-state index in [4.69, 9.17) is 0 Å². The molecule has 2 rings (SSSR count). The van der Waals surface area contributed by atoms with E-state index in [9.17, 15) is 13.5 Å². The molecule has 0 unspecified atom stereocenters. The second-order valence-electron chi connectivity index (χ2n) is 4.22. The lowest BCUT2D eigenvalue weighted by molar-refractivity contribution is 0.416. The minimum atomic E-state index is -3.19. The Morgan fingerprint density at radius 2 is 1.78 bits per heavy atom. The van der Waals surface area contributed by atoms with Gasteiger partial charge in [0, 0.05) is 24.4 Å². The Hall–Kier alpha value is -1.82. The number of nitrogens with zero attached hydrogens (tertiary/aromatic N) is 2. The molecule has 0 aliphatic rings. The number of aromatic nitrogens is 2. The molecule has 1 N–H and O–H groups in total. The van der Waals surface area contributed by atoms with E-state index < -0.39 is 9.84 Å². The normalized spacial score (nSPS) is 11.7. The quantitative estimate of drug-likeness (QED) is 0.894. The number of sulfone groups is 1. The lowest BCUT2D eigenvalue weighted by atomic mass is 10.1. The third-order valence-corrected chi connectivity index (χ3v) is 3.93. The number of aromatic hydroxyl groups is 1. The summed E-state index contributed by atoms with van der Waals surface area (Å²) in [6.45, 7) is 1.77. The van der Waals surface area contributed by atoms with E-state index in [0.717, 1.165) is 5.56 Å². The van der Waals surface area contributed by atoms with Crippen LogP contribution in [-0.2, 0) is 16.9 Å². The lowest BCUT2D eigenvalue weighted by Crippen LogP contribution is -1.96. The Morgan fingerprint density at radius 1 is 1.22 bits per heavy atom. The largest absolute Gasteiger partial charge is 0.493 e. The number of benzene rings is 1. The molecule has 5 nitrogen and oxygen atoms in total. The summed E-state index contributed by atoms with van der Waals surface area (Å²) in [5.74, 6) is 0.109. The van der Waals surface area contributed by atoms with Gasteiger partial charge in [0.05, 0.1) is 10.6 Å². The van der Waals surface area contributed by atoms with Crippen LogP contribution in [-0.4, -0.2) is 29.6 Å². The Kier molecular flexibility index (Phi) is 2.90. The van der Waals surface area contributed by atoms with Crippen molar-refractivity contribution >= 4 is 9.84 Å². The van der Waals surface area contributed by atoms with Crippen LogP contribution >= 0.6 is 0 Å². The minimum absolute atomic E-state index is 0.109. The van der Waals surface area contributed by atoms with Crippen molar-refractivity contribution in [2.24, 2.45) is 7.05 Å². The van der Waals surface area contributed by atoms with Gasteiger partial charge in [-0.2, -0.15) is 5.10 Å². The van der Waals surface area contributed by atoms with Gasteiger partial charge >= 0.3 is 0 Å². The second-order valence-corrected chi connectivity index (χ2v) is 6.23. The Morgan fingerprint density at radius 3 is 2.17 bits per heavy atom. The van der Waals surface area contributed by atoms with Crippen molar-refractivity contribution in [3.05, 3.63) is 29.8 Å². The maximum Gasteiger partial charge on any atom is 0.212 e. The van der Waals surface area contributed by atoms with Crippen molar-refractivity contribution in [3.63, 3.8) is 0 Å². The molecule has 0 saturated carbocycles. The fourth-order valence-corrected chi connectivity index (χ4v) is 2.39. The van der Waals surface area contributed by atoms with E-state index in [2.05, 4.69) is 5.10 Å². The second kappa shape index (κ2) is 4.13. The fourth-order valence-electron chi connectivity index (χ4n) is 1.76. The van der Waals surface area contributed by atoms with E-state index >= 15 is 0 Å². The zero-order valence-corrected chi connectivity index (χ0v) is 11.2. The van der Waals surface area contributed by atoms with Crippen molar-refractivity contribution in [1.29, 1.82) is 0 Å². The minimum Gasteiger partial charge on any atom is -0.493 e. The maximum atomic E-state index is 11.3. The summed E-state index contributed by atoms with van der Waals surface area (Å²) in [7, 11) is -1.54. The van der Waals surface area contributed by atoms with Gasteiger partial charge in [0.1, 0.15) is 0 Å². The zero-order valence-electron chi connectivity index (χ0n) is 10.4. The molecule has 0 aliphatic heterocycles. The van der Waals surface area contributed by atoms with Gasteiger partial charge in [-0.3, -0.25) is 0 Å². The molecule has 18 heavy (non-hydrogen) atoms. The van der Waals surface area contributed by atoms with Crippen molar-refractivity contribution in [2.45, 2.75) is 11.8 Å². The molecule has 1 heterocycles. The lowest BCUT2D eigenvalue weighted by Gasteiger charge is -2.01. The van der Waals surface area contributed by atoms with Gasteiger partial charge in [0.15, 0.2) is 9.84 Å². The molecule has 1 aromatic heterocycles. The highest BCUT2D eigenvalue weighted by Gasteiger charge is 2.14. The maximum absolute atomic E-state index is 11.3. The summed E-state index contributed by atoms with van der Waals surface area (Å²) >= 11 is 0. The van der Waals surface area contributed by atoms with Gasteiger partial charge in [0.25, 0.3) is 0 Å². The monoisotopic (exact) mass is 266 g/mol. The van der Waals surface area contributed by atoms with E-state index in [1.807, 2.05) is 0 Å². The van der Waals surface area contributed by atoms with Gasteiger partial charge in [0.2, 0.25) is 5.88 Å². The van der Waals surface area contributed by atoms with E-state index in [1.165, 1.54) is 23.1 Å². The number of hydrogen-bond donors (Lipinski definition) is 1. The van der Waals surface area contributed by atoms with Crippen LogP contribution in [0.5, 0.6) is 5.88 Å². The SMILES string of the molecule is Cc1c(-c2ccc(S(C)(=O)=O)cc2)nn(C)c1O. The first-order valence-electron chi connectivity index (χ1n) is 5.34. The van der Waals surface area contributed by atoms with Crippen molar-refractivity contribution < 1.29 is 13.5 Å². The molecular weight excluding hydrogens is 252 g/mol. The molecular formula is C12H14N2O3S. The van der Waals surface area contributed by atoms with Crippen molar-refractivity contribution in [1.82, 2.24) is 9.78 Å². The summed E-state index contributed by atoms with van der Waals surface area (Å²) < 4.78 is 24.1. The molecule has 6 heteroatoms. The average molecular weight is 266 g/mol. The number of aryl methyl sites for hydroxylation is 1. The third-order valence-electron chi connectivity index (χ3n) is 2.80. The Bertz CT molecular complexity index is 685. The summed E-state index contributed by atoms with van der Waals surface area (Å²) in [5, 5.41) is 13.9. The van der Waals surface area contributed by atoms with E-state index in [1.54, 1.807) is 26.1 Å². The van der Waals surface area contributed by atoms with Gasteiger partial charge in [-0.15, -0.1) is 0 Å². The topological polar surface area (TPSA) is 72.2 Å². The summed E-state index contributed by atoms with van der Waals surface area (Å²) in [6, 6.07) is 6.45. The predicted octanol–water partition coefficient (Wildman–Crippen LogP) is 1.50. The van der Waals surface area contributed by atoms with Crippen LogP contribution in [0.4, 0.5) is 0 Å². The van der Waals surface area contributed by atoms with Gasteiger partial charge in [-0.1, -0.05) is 12.1 Å². The van der Waals surface area contributed by atoms with Crippen LogP contribution in [0, 0.1) is 6.92 Å². The average Bonchev–Trinajstić information content (AvgIpc) is 2.56. The number of rotatable bonds is 2. The first kappa shape index (κ1) is 12.6. The number of hydrogen-bond acceptors (Lipinski definition) is 4. The van der Waals surface area contributed by atoms with E-state index in [0.29, 0.717) is 11.3 Å². The van der Waals surface area contributed by atoms with Crippen LogP contribution in [0.3, 0.4) is 0 Å². The van der Waals surface area contributed by atoms with Crippen LogP contribution in [0.2, 0.25) is 0 Å². The summed E-state index contributed by atoms with van der Waals surface area (Å²) in [5.41, 5.74) is 2.09. The molecule has 0 spiro atoms. The van der Waals surface area contributed by atoms with Crippen molar-refractivity contribution in [2.75, 3.05) is 6.26 Å². The van der Waals surface area contributed by atoms with Gasteiger partial charge in [-0.05, 0) is 19.1 Å². The molecule has 0 aliphatic carbocycles. The first-order chi connectivity index (χ1) is 8.30. The summed E-state index contributed by atoms with van der Waals surface area (Å²) in [6.07, 6.45) is 1.17. The van der Waals surface area contributed by atoms with Gasteiger partial charge in [-0.25, -0.2) is 13.1 Å². The standard InChI is InChI=1S/C12H14N2O3S/c1-8-11(13-14(2)12(8)15)9-4-6-10(7-5-9)18(3,16)17/h4-7,15H,1-3H3. The molecule has 0 fully saturated rings. The highest BCUT2D eigenvalue weighted by Crippen LogP contribution is 2.28. The first-order valence-corrected chi connectivity index (χ1v) is 7.23. The molecule has 0 amide bonds. The summed E-state index contributed by atoms with van der Waals surface area (Å²) in [4.78, 5) is 0.268. The molecule has 0 bridgehead atoms.